The van der Waals surface area contributed by atoms with E-state index < -0.39 is 17.5 Å². The molecule has 27 heavy (non-hydrogen) atoms. The van der Waals surface area contributed by atoms with Gasteiger partial charge in [0.25, 0.3) is 0 Å². The highest BCUT2D eigenvalue weighted by Crippen LogP contribution is 2.49. The van der Waals surface area contributed by atoms with Crippen molar-refractivity contribution in [3.8, 4) is 0 Å². The molecular weight excluding hydrogens is 346 g/mol. The summed E-state index contributed by atoms with van der Waals surface area (Å²) in [5.41, 5.74) is 2.98. The number of nitrogens with zero attached hydrogens (tertiary/aromatic N) is 3. The Bertz CT molecular complexity index is 858. The van der Waals surface area contributed by atoms with Crippen LogP contribution < -0.4 is 5.12 Å². The number of hydrazone groups is 1. The fraction of sp³-hybridized carbons (Fsp3) is 0.450. The Morgan fingerprint density at radius 3 is 2.44 bits per heavy atom. The van der Waals surface area contributed by atoms with Crippen LogP contribution in [0.2, 0.25) is 0 Å². The Hall–Kier alpha value is -2.67. The molecule has 3 aliphatic rings. The van der Waals surface area contributed by atoms with Crippen molar-refractivity contribution in [2.24, 2.45) is 5.10 Å². The zero-order chi connectivity index (χ0) is 19.2. The van der Waals surface area contributed by atoms with Crippen molar-refractivity contribution in [1.82, 2.24) is 5.01 Å². The van der Waals surface area contributed by atoms with Gasteiger partial charge in [-0.3, -0.25) is 0 Å². The average molecular weight is 369 g/mol. The summed E-state index contributed by atoms with van der Waals surface area (Å²) >= 11 is 0. The number of hydrogen-bond acceptors (Lipinski definition) is 7. The number of carbonyl (C=O) groups is 2. The molecule has 1 saturated carbocycles. The number of hydrazine groups is 1. The first-order chi connectivity index (χ1) is 13.0. The summed E-state index contributed by atoms with van der Waals surface area (Å²) in [5.74, 6) is -0.980. The van der Waals surface area contributed by atoms with Crippen molar-refractivity contribution < 1.29 is 19.1 Å². The summed E-state index contributed by atoms with van der Waals surface area (Å²) < 4.78 is 10.0. The largest absolute Gasteiger partial charge is 0.466 e. The van der Waals surface area contributed by atoms with E-state index in [1.807, 2.05) is 41.3 Å². The summed E-state index contributed by atoms with van der Waals surface area (Å²) in [6, 6.07) is 8.04. The van der Waals surface area contributed by atoms with E-state index in [1.165, 1.54) is 14.2 Å². The molecule has 1 aromatic carbocycles. The highest BCUT2D eigenvalue weighted by atomic mass is 16.5. The minimum absolute atomic E-state index is 0.262. The second kappa shape index (κ2) is 6.49. The third-order valence-corrected chi connectivity index (χ3v) is 5.67. The van der Waals surface area contributed by atoms with Crippen LogP contribution in [0.4, 0.5) is 5.69 Å². The van der Waals surface area contributed by atoms with Gasteiger partial charge in [0.05, 0.1) is 43.3 Å². The van der Waals surface area contributed by atoms with Gasteiger partial charge in [0.1, 0.15) is 5.54 Å². The molecule has 2 aliphatic heterocycles. The number of anilines is 1. The highest BCUT2D eigenvalue weighted by molar-refractivity contribution is 6.13. The van der Waals surface area contributed by atoms with Crippen LogP contribution in [0.5, 0.6) is 0 Å². The van der Waals surface area contributed by atoms with E-state index in [9.17, 15) is 9.59 Å². The molecule has 1 spiro atoms. The Morgan fingerprint density at radius 1 is 1.07 bits per heavy atom. The third-order valence-electron chi connectivity index (χ3n) is 5.67. The molecule has 7 nitrogen and oxygen atoms in total. The number of carbonyl (C=O) groups excluding carboxylic acids is 2. The number of esters is 2. The molecule has 0 amide bonds. The van der Waals surface area contributed by atoms with Gasteiger partial charge in [-0.15, -0.1) is 0 Å². The van der Waals surface area contributed by atoms with Gasteiger partial charge >= 0.3 is 11.9 Å². The Labute approximate surface area is 158 Å². The molecule has 0 N–H and O–H groups in total. The molecule has 1 aliphatic carbocycles. The number of benzene rings is 1. The van der Waals surface area contributed by atoms with E-state index >= 15 is 0 Å². The van der Waals surface area contributed by atoms with E-state index in [-0.39, 0.29) is 6.54 Å². The number of hydrogen-bond donors (Lipinski definition) is 0. The molecule has 0 aromatic heterocycles. The lowest BCUT2D eigenvalue weighted by Gasteiger charge is -2.39. The normalized spacial score (nSPS) is 24.4. The van der Waals surface area contributed by atoms with Crippen molar-refractivity contribution >= 4 is 23.3 Å². The second-order valence-corrected chi connectivity index (χ2v) is 7.13. The van der Waals surface area contributed by atoms with Gasteiger partial charge in [-0.05, 0) is 38.3 Å². The summed E-state index contributed by atoms with van der Waals surface area (Å²) in [4.78, 5) is 25.2. The van der Waals surface area contributed by atoms with Gasteiger partial charge in [0.2, 0.25) is 0 Å². The van der Waals surface area contributed by atoms with Gasteiger partial charge in [0.15, 0.2) is 0 Å². The molecule has 7 heteroatoms. The first kappa shape index (κ1) is 17.7. The molecule has 0 saturated heterocycles. The quantitative estimate of drug-likeness (QED) is 0.762. The molecule has 1 unspecified atom stereocenters. The zero-order valence-electron chi connectivity index (χ0n) is 15.8. The first-order valence-corrected chi connectivity index (χ1v) is 9.15. The van der Waals surface area contributed by atoms with Crippen LogP contribution >= 0.6 is 0 Å². The van der Waals surface area contributed by atoms with Gasteiger partial charge < -0.3 is 9.47 Å². The molecule has 0 radical (unpaired) electrons. The molecule has 2 heterocycles. The maximum atomic E-state index is 12.7. The summed E-state index contributed by atoms with van der Waals surface area (Å²) in [6.45, 7) is 2.29. The predicted octanol–water partition coefficient (Wildman–Crippen LogP) is 2.36. The van der Waals surface area contributed by atoms with Crippen LogP contribution in [0.15, 0.2) is 40.5 Å². The zero-order valence-corrected chi connectivity index (χ0v) is 15.8. The fourth-order valence-electron chi connectivity index (χ4n) is 4.40. The minimum atomic E-state index is -0.722. The first-order valence-electron chi connectivity index (χ1n) is 9.15. The van der Waals surface area contributed by atoms with E-state index in [0.717, 1.165) is 42.6 Å². The fourth-order valence-corrected chi connectivity index (χ4v) is 4.40. The monoisotopic (exact) mass is 369 g/mol. The van der Waals surface area contributed by atoms with Crippen LogP contribution in [0.1, 0.15) is 31.2 Å². The molecule has 4 rings (SSSR count). The van der Waals surface area contributed by atoms with Gasteiger partial charge in [-0.2, -0.15) is 15.2 Å². The van der Waals surface area contributed by atoms with Crippen molar-refractivity contribution in [2.45, 2.75) is 38.1 Å². The maximum Gasteiger partial charge on any atom is 0.336 e. The van der Waals surface area contributed by atoms with E-state index in [0.29, 0.717) is 11.1 Å². The Kier molecular flexibility index (Phi) is 4.26. The summed E-state index contributed by atoms with van der Waals surface area (Å²) in [5, 5.41) is 8.70. The standard InChI is InChI=1S/C20H23N3O4/c1-13-7-9-14(10-8-13)23-21-16-6-4-5-11-20(16)17(19(25)27-3)15(12-22(20)23)18(24)26-2/h7-10H,4-6,11-12H2,1-3H3. The smallest absolute Gasteiger partial charge is 0.336 e. The molecule has 1 atom stereocenters. The van der Waals surface area contributed by atoms with Crippen LogP contribution in [-0.2, 0) is 19.1 Å². The lowest BCUT2D eigenvalue weighted by atomic mass is 9.75. The summed E-state index contributed by atoms with van der Waals surface area (Å²) in [6.07, 6.45) is 3.47. The average Bonchev–Trinajstić information content (AvgIpc) is 3.18. The maximum absolute atomic E-state index is 12.7. The van der Waals surface area contributed by atoms with Crippen LogP contribution in [0.25, 0.3) is 0 Å². The number of rotatable bonds is 3. The minimum Gasteiger partial charge on any atom is -0.466 e. The van der Waals surface area contributed by atoms with Gasteiger partial charge in [-0.25, -0.2) is 9.59 Å². The second-order valence-electron chi connectivity index (χ2n) is 7.13. The Morgan fingerprint density at radius 2 is 1.78 bits per heavy atom. The molecule has 1 fully saturated rings. The van der Waals surface area contributed by atoms with Crippen LogP contribution in [0.3, 0.4) is 0 Å². The topological polar surface area (TPSA) is 71.4 Å². The SMILES string of the molecule is COC(=O)C1=C(C(=O)OC)C23CCCCC2=NN(c2ccc(C)cc2)N3C1. The highest BCUT2D eigenvalue weighted by Gasteiger charge is 2.61. The van der Waals surface area contributed by atoms with E-state index in [1.54, 1.807) is 0 Å². The molecule has 142 valence electrons. The number of methoxy groups -OCH3 is 2. The molecule has 0 bridgehead atoms. The van der Waals surface area contributed by atoms with Gasteiger partial charge in [-0.1, -0.05) is 24.1 Å². The molecular formula is C20H23N3O4. The van der Waals surface area contributed by atoms with Crippen molar-refractivity contribution in [1.29, 1.82) is 0 Å². The van der Waals surface area contributed by atoms with E-state index in [4.69, 9.17) is 14.6 Å². The third kappa shape index (κ3) is 2.49. The molecule has 1 aromatic rings. The van der Waals surface area contributed by atoms with Crippen molar-refractivity contribution in [2.75, 3.05) is 25.9 Å². The van der Waals surface area contributed by atoms with Crippen molar-refractivity contribution in [3.63, 3.8) is 0 Å². The van der Waals surface area contributed by atoms with Crippen LogP contribution in [0, 0.1) is 6.92 Å². The number of aryl methyl sites for hydroxylation is 1. The number of ether oxygens (including phenoxy) is 2. The van der Waals surface area contributed by atoms with Crippen molar-refractivity contribution in [3.05, 3.63) is 41.0 Å². The summed E-state index contributed by atoms with van der Waals surface area (Å²) in [7, 11) is 2.68. The van der Waals surface area contributed by atoms with Crippen LogP contribution in [-0.4, -0.2) is 49.0 Å². The lowest BCUT2D eigenvalue weighted by Crippen LogP contribution is -2.55. The van der Waals surface area contributed by atoms with Gasteiger partial charge in [0, 0.05) is 0 Å². The Balaban J connectivity index is 1.86. The van der Waals surface area contributed by atoms with E-state index in [2.05, 4.69) is 0 Å². The lowest BCUT2D eigenvalue weighted by molar-refractivity contribution is -0.139. The predicted molar refractivity (Wildman–Crippen MR) is 100 cm³/mol.